The van der Waals surface area contributed by atoms with Gasteiger partial charge in [0.05, 0.1) is 10.6 Å². The number of hydrogen-bond acceptors (Lipinski definition) is 4. The van der Waals surface area contributed by atoms with E-state index in [4.69, 9.17) is 5.73 Å². The van der Waals surface area contributed by atoms with E-state index in [1.807, 2.05) is 13.8 Å². The first-order valence-corrected chi connectivity index (χ1v) is 10.5. The first-order valence-electron chi connectivity index (χ1n) is 9.01. The molecule has 1 saturated heterocycles. The summed E-state index contributed by atoms with van der Waals surface area (Å²) in [7, 11) is -3.65. The fourth-order valence-electron chi connectivity index (χ4n) is 3.76. The average molecular weight is 374 g/mol. The largest absolute Gasteiger partial charge is 0.371 e. The van der Waals surface area contributed by atoms with E-state index in [2.05, 4.69) is 22.6 Å². The SMILES string of the molecule is Cc1cc(C)c(N2CCCC2)c(C)c1NS(=O)(=O)c1ccc(CN)cc1. The van der Waals surface area contributed by atoms with Crippen LogP contribution in [0.3, 0.4) is 0 Å². The summed E-state index contributed by atoms with van der Waals surface area (Å²) in [5.74, 6) is 0. The molecule has 0 radical (unpaired) electrons. The fraction of sp³-hybridized carbons (Fsp3) is 0.400. The summed E-state index contributed by atoms with van der Waals surface area (Å²) in [4.78, 5) is 2.61. The predicted molar refractivity (Wildman–Crippen MR) is 107 cm³/mol. The Balaban J connectivity index is 1.99. The van der Waals surface area contributed by atoms with Gasteiger partial charge in [-0.25, -0.2) is 8.42 Å². The van der Waals surface area contributed by atoms with Crippen molar-refractivity contribution >= 4 is 21.4 Å². The van der Waals surface area contributed by atoms with Crippen molar-refractivity contribution in [1.29, 1.82) is 0 Å². The Morgan fingerprint density at radius 2 is 1.65 bits per heavy atom. The monoisotopic (exact) mass is 373 g/mol. The number of rotatable bonds is 5. The Bertz CT molecular complexity index is 900. The molecule has 0 spiro atoms. The normalized spacial score (nSPS) is 14.7. The van der Waals surface area contributed by atoms with Crippen LogP contribution in [0.4, 0.5) is 11.4 Å². The molecule has 0 aliphatic carbocycles. The highest BCUT2D eigenvalue weighted by Crippen LogP contribution is 2.36. The third kappa shape index (κ3) is 3.57. The van der Waals surface area contributed by atoms with Gasteiger partial charge >= 0.3 is 0 Å². The molecule has 1 fully saturated rings. The smallest absolute Gasteiger partial charge is 0.261 e. The molecule has 0 aromatic heterocycles. The first kappa shape index (κ1) is 18.7. The Hall–Kier alpha value is -2.05. The standard InChI is InChI=1S/C20H27N3O2S/c1-14-12-15(2)20(23-10-4-5-11-23)16(3)19(14)22-26(24,25)18-8-6-17(13-21)7-9-18/h6-9,12,22H,4-5,10-11,13,21H2,1-3H3. The van der Waals surface area contributed by atoms with Gasteiger partial charge in [-0.2, -0.15) is 0 Å². The third-order valence-corrected chi connectivity index (χ3v) is 6.42. The number of nitrogens with one attached hydrogen (secondary N) is 1. The lowest BCUT2D eigenvalue weighted by molar-refractivity contribution is 0.601. The van der Waals surface area contributed by atoms with Crippen LogP contribution in [0.15, 0.2) is 35.2 Å². The molecule has 140 valence electrons. The zero-order valence-electron chi connectivity index (χ0n) is 15.7. The van der Waals surface area contributed by atoms with E-state index >= 15 is 0 Å². The summed E-state index contributed by atoms with van der Waals surface area (Å²) in [6, 6.07) is 8.77. The van der Waals surface area contributed by atoms with Gasteiger partial charge < -0.3 is 10.6 Å². The minimum absolute atomic E-state index is 0.247. The van der Waals surface area contributed by atoms with Gasteiger partial charge in [0.2, 0.25) is 0 Å². The highest BCUT2D eigenvalue weighted by atomic mass is 32.2. The molecule has 3 N–H and O–H groups in total. The van der Waals surface area contributed by atoms with Crippen molar-refractivity contribution in [3.05, 3.63) is 52.6 Å². The van der Waals surface area contributed by atoms with Crippen LogP contribution in [-0.4, -0.2) is 21.5 Å². The van der Waals surface area contributed by atoms with Crippen LogP contribution in [0.2, 0.25) is 0 Å². The number of hydrogen-bond donors (Lipinski definition) is 2. The molecule has 0 unspecified atom stereocenters. The molecule has 0 amide bonds. The number of sulfonamides is 1. The van der Waals surface area contributed by atoms with Gasteiger partial charge in [-0.3, -0.25) is 4.72 Å². The summed E-state index contributed by atoms with van der Waals surface area (Å²) >= 11 is 0. The molecule has 1 heterocycles. The predicted octanol–water partition coefficient (Wildman–Crippen LogP) is 3.47. The first-order chi connectivity index (χ1) is 12.3. The molecule has 3 rings (SSSR count). The summed E-state index contributed by atoms with van der Waals surface area (Å²) in [5, 5.41) is 0. The topological polar surface area (TPSA) is 75.4 Å². The van der Waals surface area contributed by atoms with Crippen molar-refractivity contribution in [1.82, 2.24) is 0 Å². The van der Waals surface area contributed by atoms with Crippen molar-refractivity contribution < 1.29 is 8.42 Å². The molecule has 0 saturated carbocycles. The lowest BCUT2D eigenvalue weighted by atomic mass is 10.0. The van der Waals surface area contributed by atoms with Crippen molar-refractivity contribution in [2.45, 2.75) is 45.1 Å². The van der Waals surface area contributed by atoms with Crippen LogP contribution in [0.5, 0.6) is 0 Å². The van der Waals surface area contributed by atoms with Crippen LogP contribution < -0.4 is 15.4 Å². The molecule has 5 nitrogen and oxygen atoms in total. The van der Waals surface area contributed by atoms with Crippen LogP contribution in [-0.2, 0) is 16.6 Å². The lowest BCUT2D eigenvalue weighted by Crippen LogP contribution is -2.22. The van der Waals surface area contributed by atoms with E-state index in [1.165, 1.54) is 18.4 Å². The molecule has 2 aromatic carbocycles. The van der Waals surface area contributed by atoms with Crippen LogP contribution in [0.25, 0.3) is 0 Å². The second-order valence-corrected chi connectivity index (χ2v) is 8.69. The Kier molecular flexibility index (Phi) is 5.25. The van der Waals surface area contributed by atoms with Gasteiger partial charge in [0.1, 0.15) is 0 Å². The zero-order valence-corrected chi connectivity index (χ0v) is 16.5. The second-order valence-electron chi connectivity index (χ2n) is 7.01. The lowest BCUT2D eigenvalue weighted by Gasteiger charge is -2.26. The molecular formula is C20H27N3O2S. The molecule has 1 aliphatic rings. The molecule has 0 atom stereocenters. The van der Waals surface area contributed by atoms with E-state index in [9.17, 15) is 8.42 Å². The van der Waals surface area contributed by atoms with E-state index in [1.54, 1.807) is 24.3 Å². The summed E-state index contributed by atoms with van der Waals surface area (Å²) in [6.45, 7) is 8.49. The molecule has 6 heteroatoms. The Morgan fingerprint density at radius 1 is 1.04 bits per heavy atom. The summed E-state index contributed by atoms with van der Waals surface area (Å²) < 4.78 is 28.5. The van der Waals surface area contributed by atoms with Gasteiger partial charge in [-0.1, -0.05) is 18.2 Å². The van der Waals surface area contributed by atoms with Crippen molar-refractivity contribution in [3.63, 3.8) is 0 Å². The van der Waals surface area contributed by atoms with Crippen molar-refractivity contribution in [2.24, 2.45) is 5.73 Å². The zero-order chi connectivity index (χ0) is 18.9. The number of anilines is 2. The molecule has 1 aliphatic heterocycles. The summed E-state index contributed by atoms with van der Waals surface area (Å²) in [5.41, 5.74) is 11.5. The highest BCUT2D eigenvalue weighted by Gasteiger charge is 2.22. The van der Waals surface area contributed by atoms with Gasteiger partial charge in [0.25, 0.3) is 10.0 Å². The van der Waals surface area contributed by atoms with E-state index in [0.717, 1.165) is 35.5 Å². The van der Waals surface area contributed by atoms with Crippen molar-refractivity contribution in [2.75, 3.05) is 22.7 Å². The van der Waals surface area contributed by atoms with E-state index in [0.29, 0.717) is 12.2 Å². The number of nitrogens with zero attached hydrogens (tertiary/aromatic N) is 1. The van der Waals surface area contributed by atoms with Crippen LogP contribution in [0.1, 0.15) is 35.1 Å². The molecule has 26 heavy (non-hydrogen) atoms. The number of nitrogens with two attached hydrogens (primary N) is 1. The maximum Gasteiger partial charge on any atom is 0.261 e. The van der Waals surface area contributed by atoms with Crippen LogP contribution in [0, 0.1) is 20.8 Å². The Morgan fingerprint density at radius 3 is 2.23 bits per heavy atom. The second kappa shape index (κ2) is 7.29. The van der Waals surface area contributed by atoms with E-state index < -0.39 is 10.0 Å². The van der Waals surface area contributed by atoms with Gasteiger partial charge in [-0.15, -0.1) is 0 Å². The minimum atomic E-state index is -3.65. The van der Waals surface area contributed by atoms with E-state index in [-0.39, 0.29) is 4.90 Å². The number of aryl methyl sites for hydroxylation is 2. The Labute approximate surface area is 156 Å². The minimum Gasteiger partial charge on any atom is -0.371 e. The highest BCUT2D eigenvalue weighted by molar-refractivity contribution is 7.92. The van der Waals surface area contributed by atoms with Gasteiger partial charge in [0, 0.05) is 25.3 Å². The molecule has 0 bridgehead atoms. The van der Waals surface area contributed by atoms with Crippen LogP contribution >= 0.6 is 0 Å². The average Bonchev–Trinajstić information content (AvgIpc) is 3.12. The summed E-state index contributed by atoms with van der Waals surface area (Å²) in [6.07, 6.45) is 2.36. The number of benzene rings is 2. The quantitative estimate of drug-likeness (QED) is 0.841. The third-order valence-electron chi connectivity index (χ3n) is 5.06. The maximum absolute atomic E-state index is 12.9. The van der Waals surface area contributed by atoms with Gasteiger partial charge in [0.15, 0.2) is 0 Å². The maximum atomic E-state index is 12.9. The molecular weight excluding hydrogens is 346 g/mol. The fourth-order valence-corrected chi connectivity index (χ4v) is 4.95. The van der Waals surface area contributed by atoms with Crippen molar-refractivity contribution in [3.8, 4) is 0 Å². The van der Waals surface area contributed by atoms with Gasteiger partial charge in [-0.05, 0) is 68.0 Å². The molecule has 2 aromatic rings.